The van der Waals surface area contributed by atoms with Crippen molar-refractivity contribution in [2.24, 2.45) is 0 Å². The molecule has 1 N–H and O–H groups in total. The van der Waals surface area contributed by atoms with E-state index < -0.39 is 0 Å². The Morgan fingerprint density at radius 3 is 2.73 bits per heavy atom. The van der Waals surface area contributed by atoms with Crippen LogP contribution in [0.25, 0.3) is 0 Å². The van der Waals surface area contributed by atoms with E-state index in [1.807, 2.05) is 24.3 Å². The van der Waals surface area contributed by atoms with Gasteiger partial charge in [0.05, 0.1) is 0 Å². The maximum absolute atomic E-state index is 11.3. The number of Topliss-reactive ketones (excluding diaryl/α,β-unsaturated/α-hetero) is 1. The fourth-order valence-corrected chi connectivity index (χ4v) is 2.04. The summed E-state index contributed by atoms with van der Waals surface area (Å²) in [4.78, 5) is 11.3. The summed E-state index contributed by atoms with van der Waals surface area (Å²) < 4.78 is 0. The molecule has 0 radical (unpaired) electrons. The highest BCUT2D eigenvalue weighted by Crippen LogP contribution is 2.14. The molecule has 0 bridgehead atoms. The fourth-order valence-electron chi connectivity index (χ4n) is 1.91. The molecule has 0 aliphatic carbocycles. The van der Waals surface area contributed by atoms with E-state index in [1.54, 1.807) is 0 Å². The minimum Gasteiger partial charge on any atom is -0.313 e. The van der Waals surface area contributed by atoms with Crippen LogP contribution in [-0.4, -0.2) is 18.4 Å². The highest BCUT2D eigenvalue weighted by atomic mass is 35.5. The van der Waals surface area contributed by atoms with E-state index in [9.17, 15) is 4.79 Å². The first-order chi connectivity index (χ1) is 7.24. The van der Waals surface area contributed by atoms with Crippen LogP contribution in [0, 0.1) is 0 Å². The molecule has 1 saturated heterocycles. The summed E-state index contributed by atoms with van der Waals surface area (Å²) in [5, 5.41) is 4.11. The molecule has 2 nitrogen and oxygen atoms in total. The molecular weight excluding hydrogens is 210 g/mol. The lowest BCUT2D eigenvalue weighted by molar-refractivity contribution is -0.120. The number of carbonyl (C=O) groups is 1. The third kappa shape index (κ3) is 3.05. The van der Waals surface area contributed by atoms with Crippen LogP contribution < -0.4 is 5.32 Å². The summed E-state index contributed by atoms with van der Waals surface area (Å²) in [6.45, 7) is 0.817. The van der Waals surface area contributed by atoms with Gasteiger partial charge in [-0.2, -0.15) is 0 Å². The van der Waals surface area contributed by atoms with Crippen LogP contribution in [0.4, 0.5) is 0 Å². The number of halogens is 1. The molecule has 0 spiro atoms. The zero-order chi connectivity index (χ0) is 10.7. The minimum atomic E-state index is 0.299. The average Bonchev–Trinajstić information content (AvgIpc) is 2.22. The van der Waals surface area contributed by atoms with Crippen molar-refractivity contribution >= 4 is 17.4 Å². The minimum absolute atomic E-state index is 0.299. The Morgan fingerprint density at radius 1 is 1.33 bits per heavy atom. The van der Waals surface area contributed by atoms with E-state index in [-0.39, 0.29) is 0 Å². The zero-order valence-electron chi connectivity index (χ0n) is 8.50. The molecule has 0 aromatic heterocycles. The molecule has 1 aromatic rings. The fraction of sp³-hybridized carbons (Fsp3) is 0.417. The average molecular weight is 224 g/mol. The molecule has 1 fully saturated rings. The van der Waals surface area contributed by atoms with E-state index in [0.717, 1.165) is 18.0 Å². The Kier molecular flexibility index (Phi) is 3.39. The molecule has 1 heterocycles. The second-order valence-corrected chi connectivity index (χ2v) is 4.41. The Labute approximate surface area is 94.6 Å². The van der Waals surface area contributed by atoms with Crippen molar-refractivity contribution in [1.82, 2.24) is 5.32 Å². The summed E-state index contributed by atoms with van der Waals surface area (Å²) in [5.74, 6) is 0.368. The molecule has 1 aliphatic rings. The molecular formula is C12H14ClNO. The van der Waals surface area contributed by atoms with Gasteiger partial charge in [-0.25, -0.2) is 0 Å². The lowest BCUT2D eigenvalue weighted by Gasteiger charge is -2.22. The summed E-state index contributed by atoms with van der Waals surface area (Å²) in [6.07, 6.45) is 2.24. The predicted molar refractivity (Wildman–Crippen MR) is 61.2 cm³/mol. The summed E-state index contributed by atoms with van der Waals surface area (Å²) in [7, 11) is 0. The Bertz CT molecular complexity index is 347. The monoisotopic (exact) mass is 223 g/mol. The second kappa shape index (κ2) is 4.77. The number of rotatable bonds is 2. The molecule has 1 aromatic carbocycles. The van der Waals surface area contributed by atoms with Crippen molar-refractivity contribution in [2.45, 2.75) is 25.3 Å². The van der Waals surface area contributed by atoms with Crippen molar-refractivity contribution in [1.29, 1.82) is 0 Å². The lowest BCUT2D eigenvalue weighted by atomic mass is 9.97. The summed E-state index contributed by atoms with van der Waals surface area (Å²) in [5.41, 5.74) is 1.23. The number of carbonyl (C=O) groups excluding carboxylic acids is 1. The van der Waals surface area contributed by atoms with Crippen molar-refractivity contribution in [3.05, 3.63) is 34.9 Å². The summed E-state index contributed by atoms with van der Waals surface area (Å²) >= 11 is 5.81. The highest BCUT2D eigenvalue weighted by molar-refractivity contribution is 6.30. The van der Waals surface area contributed by atoms with Crippen molar-refractivity contribution in [3.8, 4) is 0 Å². The number of hydrogen-bond donors (Lipinski definition) is 1. The second-order valence-electron chi connectivity index (χ2n) is 3.97. The van der Waals surface area contributed by atoms with Crippen LogP contribution in [0.3, 0.4) is 0 Å². The van der Waals surface area contributed by atoms with E-state index in [0.29, 0.717) is 24.7 Å². The maximum atomic E-state index is 11.3. The van der Waals surface area contributed by atoms with Gasteiger partial charge >= 0.3 is 0 Å². The van der Waals surface area contributed by atoms with E-state index in [4.69, 9.17) is 11.6 Å². The van der Waals surface area contributed by atoms with Gasteiger partial charge in [0.1, 0.15) is 5.78 Å². The van der Waals surface area contributed by atoms with Gasteiger partial charge in [-0.15, -0.1) is 0 Å². The van der Waals surface area contributed by atoms with Crippen molar-refractivity contribution in [2.75, 3.05) is 6.54 Å². The van der Waals surface area contributed by atoms with Gasteiger partial charge in [-0.05, 0) is 24.1 Å². The Morgan fingerprint density at radius 2 is 2.07 bits per heavy atom. The highest BCUT2D eigenvalue weighted by Gasteiger charge is 2.18. The standard InChI is InChI=1S/C12H14ClNO/c13-10-3-1-9(2-4-10)7-11-8-12(15)5-6-14-11/h1-4,11,14H,5-8H2/t11-/m0/s1. The molecule has 15 heavy (non-hydrogen) atoms. The van der Waals surface area contributed by atoms with E-state index in [1.165, 1.54) is 5.56 Å². The van der Waals surface area contributed by atoms with Gasteiger partial charge in [0.15, 0.2) is 0 Å². The number of piperidine rings is 1. The Balaban J connectivity index is 1.96. The van der Waals surface area contributed by atoms with Gasteiger partial charge in [0.25, 0.3) is 0 Å². The molecule has 0 saturated carbocycles. The number of benzene rings is 1. The van der Waals surface area contributed by atoms with Gasteiger partial charge in [0, 0.05) is 30.5 Å². The molecule has 1 aliphatic heterocycles. The third-order valence-electron chi connectivity index (χ3n) is 2.71. The first-order valence-electron chi connectivity index (χ1n) is 5.23. The largest absolute Gasteiger partial charge is 0.313 e. The molecule has 3 heteroatoms. The Hall–Kier alpha value is -0.860. The summed E-state index contributed by atoms with van der Waals surface area (Å²) in [6, 6.07) is 8.11. The van der Waals surface area contributed by atoms with E-state index >= 15 is 0 Å². The topological polar surface area (TPSA) is 29.1 Å². The van der Waals surface area contributed by atoms with E-state index in [2.05, 4.69) is 5.32 Å². The van der Waals surface area contributed by atoms with Crippen molar-refractivity contribution < 1.29 is 4.79 Å². The van der Waals surface area contributed by atoms with Gasteiger partial charge in [-0.1, -0.05) is 23.7 Å². The molecule has 2 rings (SSSR count). The van der Waals surface area contributed by atoms with Crippen LogP contribution in [0.1, 0.15) is 18.4 Å². The van der Waals surface area contributed by atoms with Crippen LogP contribution in [0.2, 0.25) is 5.02 Å². The molecule has 0 unspecified atom stereocenters. The van der Waals surface area contributed by atoms with Crippen molar-refractivity contribution in [3.63, 3.8) is 0 Å². The quantitative estimate of drug-likeness (QED) is 0.833. The van der Waals surface area contributed by atoms with Crippen LogP contribution in [0.5, 0.6) is 0 Å². The molecule has 0 amide bonds. The number of ketones is 1. The first-order valence-corrected chi connectivity index (χ1v) is 5.61. The molecule has 1 atom stereocenters. The first kappa shape index (κ1) is 10.7. The third-order valence-corrected chi connectivity index (χ3v) is 2.96. The van der Waals surface area contributed by atoms with Gasteiger partial charge in [-0.3, -0.25) is 4.79 Å². The predicted octanol–water partition coefficient (Wildman–Crippen LogP) is 2.20. The van der Waals surface area contributed by atoms with Gasteiger partial charge in [0.2, 0.25) is 0 Å². The SMILES string of the molecule is O=C1CCN[C@@H](Cc2ccc(Cl)cc2)C1. The normalized spacial score (nSPS) is 21.7. The lowest BCUT2D eigenvalue weighted by Crippen LogP contribution is -2.39. The number of hydrogen-bond acceptors (Lipinski definition) is 2. The van der Waals surface area contributed by atoms with Crippen LogP contribution >= 0.6 is 11.6 Å². The zero-order valence-corrected chi connectivity index (χ0v) is 9.26. The van der Waals surface area contributed by atoms with Gasteiger partial charge < -0.3 is 5.32 Å². The maximum Gasteiger partial charge on any atom is 0.135 e. The number of nitrogens with one attached hydrogen (secondary N) is 1. The van der Waals surface area contributed by atoms with Crippen LogP contribution in [0.15, 0.2) is 24.3 Å². The molecule has 80 valence electrons. The van der Waals surface area contributed by atoms with Crippen LogP contribution in [-0.2, 0) is 11.2 Å². The smallest absolute Gasteiger partial charge is 0.135 e.